The van der Waals surface area contributed by atoms with Gasteiger partial charge in [-0.05, 0) is 67.1 Å². The van der Waals surface area contributed by atoms with Crippen molar-refractivity contribution in [2.24, 2.45) is 0 Å². The minimum Gasteiger partial charge on any atom is -0.496 e. The van der Waals surface area contributed by atoms with Crippen molar-refractivity contribution < 1.29 is 26.7 Å². The summed E-state index contributed by atoms with van der Waals surface area (Å²) < 4.78 is 57.5. The van der Waals surface area contributed by atoms with Crippen molar-refractivity contribution in [3.63, 3.8) is 0 Å². The van der Waals surface area contributed by atoms with Gasteiger partial charge >= 0.3 is 0 Å². The molecule has 0 saturated heterocycles. The molecule has 2 rings (SSSR count). The van der Waals surface area contributed by atoms with Gasteiger partial charge in [-0.25, -0.2) is 17.2 Å². The Labute approximate surface area is 195 Å². The van der Waals surface area contributed by atoms with Crippen LogP contribution in [0.3, 0.4) is 0 Å². The Balaban J connectivity index is 2.05. The lowest BCUT2D eigenvalue weighted by Gasteiger charge is -2.23. The number of nitrogens with zero attached hydrogens (tertiary/aromatic N) is 1. The minimum atomic E-state index is -3.74. The van der Waals surface area contributed by atoms with Crippen LogP contribution in [-0.2, 0) is 14.8 Å². The van der Waals surface area contributed by atoms with Gasteiger partial charge < -0.3 is 10.1 Å². The topological polar surface area (TPSA) is 75.7 Å². The van der Waals surface area contributed by atoms with Crippen LogP contribution in [0, 0.1) is 18.6 Å². The molecule has 2 aromatic rings. The Hall–Kier alpha value is -2.68. The van der Waals surface area contributed by atoms with E-state index in [1.165, 1.54) is 6.07 Å². The Kier molecular flexibility index (Phi) is 8.82. The van der Waals surface area contributed by atoms with E-state index in [9.17, 15) is 22.0 Å². The highest BCUT2D eigenvalue weighted by Gasteiger charge is 2.20. The molecule has 0 heterocycles. The van der Waals surface area contributed by atoms with E-state index in [1.807, 2.05) is 26.0 Å². The molecule has 9 heteroatoms. The first kappa shape index (κ1) is 26.6. The largest absolute Gasteiger partial charge is 0.496 e. The van der Waals surface area contributed by atoms with E-state index < -0.39 is 21.7 Å². The number of amides is 1. The van der Waals surface area contributed by atoms with Gasteiger partial charge in [-0.3, -0.25) is 9.10 Å². The Bertz CT molecular complexity index is 1100. The number of nitrogens with one attached hydrogen (secondary N) is 1. The zero-order valence-electron chi connectivity index (χ0n) is 19.9. The third kappa shape index (κ3) is 6.90. The van der Waals surface area contributed by atoms with E-state index in [-0.39, 0.29) is 42.9 Å². The highest BCUT2D eigenvalue weighted by Crippen LogP contribution is 2.32. The number of methoxy groups -OCH3 is 1. The predicted molar refractivity (Wildman–Crippen MR) is 126 cm³/mol. The maximum absolute atomic E-state index is 13.6. The van der Waals surface area contributed by atoms with Crippen LogP contribution in [0.4, 0.5) is 14.5 Å². The molecule has 0 aromatic heterocycles. The Morgan fingerprint density at radius 3 is 2.30 bits per heavy atom. The molecule has 33 heavy (non-hydrogen) atoms. The average Bonchev–Trinajstić information content (AvgIpc) is 2.71. The van der Waals surface area contributed by atoms with E-state index in [4.69, 9.17) is 4.74 Å². The number of carbonyl (C=O) groups is 1. The van der Waals surface area contributed by atoms with Crippen molar-refractivity contribution >= 4 is 21.6 Å². The Morgan fingerprint density at radius 1 is 1.09 bits per heavy atom. The van der Waals surface area contributed by atoms with Crippen molar-refractivity contribution in [2.75, 3.05) is 24.2 Å². The zero-order valence-corrected chi connectivity index (χ0v) is 20.7. The van der Waals surface area contributed by atoms with Crippen molar-refractivity contribution in [3.8, 4) is 5.75 Å². The van der Waals surface area contributed by atoms with Crippen molar-refractivity contribution in [3.05, 3.63) is 58.7 Å². The van der Waals surface area contributed by atoms with E-state index in [0.29, 0.717) is 0 Å². The highest BCUT2D eigenvalue weighted by atomic mass is 32.2. The van der Waals surface area contributed by atoms with Gasteiger partial charge in [0.05, 0.1) is 25.1 Å². The number of rotatable bonds is 10. The number of hydrogen-bond donors (Lipinski definition) is 1. The van der Waals surface area contributed by atoms with Gasteiger partial charge in [-0.2, -0.15) is 0 Å². The molecule has 0 aliphatic rings. The molecule has 0 spiro atoms. The molecule has 0 radical (unpaired) electrons. The fraction of sp³-hybridized carbons (Fsp3) is 0.458. The van der Waals surface area contributed by atoms with Crippen LogP contribution < -0.4 is 14.4 Å². The van der Waals surface area contributed by atoms with Gasteiger partial charge in [0.2, 0.25) is 15.9 Å². The number of anilines is 1. The quantitative estimate of drug-likeness (QED) is 0.526. The van der Waals surface area contributed by atoms with Gasteiger partial charge in [0, 0.05) is 19.0 Å². The van der Waals surface area contributed by atoms with Crippen LogP contribution in [0.1, 0.15) is 62.3 Å². The van der Waals surface area contributed by atoms with E-state index in [1.54, 1.807) is 7.11 Å². The van der Waals surface area contributed by atoms with Gasteiger partial charge in [0.1, 0.15) is 5.75 Å². The number of halogens is 2. The highest BCUT2D eigenvalue weighted by molar-refractivity contribution is 7.92. The molecule has 0 aliphatic heterocycles. The maximum atomic E-state index is 13.6. The predicted octanol–water partition coefficient (Wildman–Crippen LogP) is 4.83. The number of aryl methyl sites for hydroxylation is 1. The van der Waals surface area contributed by atoms with E-state index in [0.717, 1.165) is 45.1 Å². The van der Waals surface area contributed by atoms with Crippen molar-refractivity contribution in [2.45, 2.75) is 52.5 Å². The lowest BCUT2D eigenvalue weighted by atomic mass is 9.93. The molecule has 1 N–H and O–H groups in total. The lowest BCUT2D eigenvalue weighted by Crippen LogP contribution is -2.32. The van der Waals surface area contributed by atoms with Gasteiger partial charge in [0.25, 0.3) is 0 Å². The summed E-state index contributed by atoms with van der Waals surface area (Å²) in [7, 11) is -2.11. The molecular formula is C24H32F2N2O4S. The van der Waals surface area contributed by atoms with Crippen molar-refractivity contribution in [1.29, 1.82) is 0 Å². The smallest absolute Gasteiger partial charge is 0.232 e. The first-order chi connectivity index (χ1) is 15.3. The minimum absolute atomic E-state index is 0.0141. The fourth-order valence-electron chi connectivity index (χ4n) is 3.71. The normalized spacial score (nSPS) is 12.5. The molecule has 182 valence electrons. The van der Waals surface area contributed by atoms with E-state index in [2.05, 4.69) is 19.2 Å². The van der Waals surface area contributed by atoms with Crippen LogP contribution >= 0.6 is 0 Å². The fourth-order valence-corrected chi connectivity index (χ4v) is 4.67. The zero-order chi connectivity index (χ0) is 24.9. The summed E-state index contributed by atoms with van der Waals surface area (Å²) in [5.41, 5.74) is 3.04. The Morgan fingerprint density at radius 2 is 1.76 bits per heavy atom. The molecule has 0 fully saturated rings. The summed E-state index contributed by atoms with van der Waals surface area (Å²) in [6, 6.07) is 6.65. The third-order valence-corrected chi connectivity index (χ3v) is 6.63. The summed E-state index contributed by atoms with van der Waals surface area (Å²) >= 11 is 0. The summed E-state index contributed by atoms with van der Waals surface area (Å²) in [6.45, 7) is 7.95. The summed E-state index contributed by atoms with van der Waals surface area (Å²) in [4.78, 5) is 12.5. The van der Waals surface area contributed by atoms with Crippen LogP contribution in [0.15, 0.2) is 30.3 Å². The van der Waals surface area contributed by atoms with Gasteiger partial charge in [-0.15, -0.1) is 0 Å². The third-order valence-electron chi connectivity index (χ3n) is 5.44. The standard InChI is InChI=1S/C24H32F2N2O4S/c1-15(2)19-14-20(16(3)12-23(19)32-5)17(4)27-24(29)8-7-11-28(33(6,30)31)18-9-10-21(25)22(26)13-18/h9-10,12-15,17H,7-8,11H2,1-6H3,(H,27,29). The van der Waals surface area contributed by atoms with E-state index >= 15 is 0 Å². The van der Waals surface area contributed by atoms with Crippen molar-refractivity contribution in [1.82, 2.24) is 5.32 Å². The molecule has 0 bridgehead atoms. The van der Waals surface area contributed by atoms with Crippen LogP contribution in [0.5, 0.6) is 5.75 Å². The summed E-state index contributed by atoms with van der Waals surface area (Å²) in [6.07, 6.45) is 1.27. The molecule has 1 amide bonds. The number of benzene rings is 2. The maximum Gasteiger partial charge on any atom is 0.232 e. The summed E-state index contributed by atoms with van der Waals surface area (Å²) in [5, 5.41) is 2.95. The van der Waals surface area contributed by atoms with Crippen LogP contribution in [0.2, 0.25) is 0 Å². The van der Waals surface area contributed by atoms with Gasteiger partial charge in [-0.1, -0.05) is 13.8 Å². The number of carbonyl (C=O) groups excluding carboxylic acids is 1. The first-order valence-corrected chi connectivity index (χ1v) is 12.6. The number of hydrogen-bond acceptors (Lipinski definition) is 4. The average molecular weight is 483 g/mol. The van der Waals surface area contributed by atoms with Gasteiger partial charge in [0.15, 0.2) is 11.6 Å². The molecule has 0 saturated carbocycles. The van der Waals surface area contributed by atoms with Crippen LogP contribution in [0.25, 0.3) is 0 Å². The number of ether oxygens (including phenoxy) is 1. The molecular weight excluding hydrogens is 450 g/mol. The monoisotopic (exact) mass is 482 g/mol. The second kappa shape index (κ2) is 11.0. The lowest BCUT2D eigenvalue weighted by molar-refractivity contribution is -0.121. The first-order valence-electron chi connectivity index (χ1n) is 10.8. The number of sulfonamides is 1. The van der Waals surface area contributed by atoms with Crippen LogP contribution in [-0.4, -0.2) is 34.2 Å². The second-order valence-corrected chi connectivity index (χ2v) is 10.3. The molecule has 2 aromatic carbocycles. The molecule has 0 aliphatic carbocycles. The molecule has 1 unspecified atom stereocenters. The molecule has 1 atom stereocenters. The summed E-state index contributed by atoms with van der Waals surface area (Å²) in [5.74, 6) is -1.37. The second-order valence-electron chi connectivity index (χ2n) is 8.43. The SMILES string of the molecule is COc1cc(C)c(C(C)NC(=O)CCCN(c2ccc(F)c(F)c2)S(C)(=O)=O)cc1C(C)C. The molecule has 6 nitrogen and oxygen atoms in total.